The number of nitrogens with zero attached hydrogens (tertiary/aromatic N) is 4. The summed E-state index contributed by atoms with van der Waals surface area (Å²) < 4.78 is 4.90. The SMILES string of the molecule is CC1(C)C2=C(C=CCC2)c2nc(-n3c4ccccc4c4c3c3ccccc3c3c5cccc6c7ccccc7n(c65)c34)nc(-c3ccccc3)c21. The molecule has 4 heteroatoms. The number of hydrogen-bond acceptors (Lipinski definition) is 2. The molecule has 10 aromatic rings. The maximum absolute atomic E-state index is 5.62. The van der Waals surface area contributed by atoms with E-state index < -0.39 is 0 Å². The van der Waals surface area contributed by atoms with E-state index in [4.69, 9.17) is 9.97 Å². The number of hydrogen-bond donors (Lipinski definition) is 0. The first-order chi connectivity index (χ1) is 25.1. The second kappa shape index (κ2) is 9.49. The molecule has 0 amide bonds. The van der Waals surface area contributed by atoms with Crippen molar-refractivity contribution in [2.75, 3.05) is 0 Å². The molecule has 4 heterocycles. The molecule has 6 aromatic carbocycles. The summed E-state index contributed by atoms with van der Waals surface area (Å²) in [5.74, 6) is 0.713. The lowest BCUT2D eigenvalue weighted by Crippen LogP contribution is -2.20. The first-order valence-electron chi connectivity index (χ1n) is 18.0. The van der Waals surface area contributed by atoms with Gasteiger partial charge in [0.2, 0.25) is 5.95 Å². The summed E-state index contributed by atoms with van der Waals surface area (Å²) in [6.45, 7) is 4.72. The summed E-state index contributed by atoms with van der Waals surface area (Å²) in [5, 5.41) is 10.1. The number of para-hydroxylation sites is 3. The van der Waals surface area contributed by atoms with Gasteiger partial charge in [0.25, 0.3) is 0 Å². The third-order valence-corrected chi connectivity index (χ3v) is 11.9. The van der Waals surface area contributed by atoms with Crippen LogP contribution in [-0.2, 0) is 5.41 Å². The molecule has 2 aliphatic rings. The number of fused-ring (bicyclic) bond motifs is 15. The molecule has 0 N–H and O–H groups in total. The topological polar surface area (TPSA) is 35.1 Å². The van der Waals surface area contributed by atoms with Crippen molar-refractivity contribution in [3.8, 4) is 17.2 Å². The van der Waals surface area contributed by atoms with Crippen molar-refractivity contribution in [3.63, 3.8) is 0 Å². The van der Waals surface area contributed by atoms with Crippen LogP contribution < -0.4 is 0 Å². The molecule has 4 nitrogen and oxygen atoms in total. The second-order valence-corrected chi connectivity index (χ2v) is 14.8. The van der Waals surface area contributed by atoms with E-state index in [9.17, 15) is 0 Å². The summed E-state index contributed by atoms with van der Waals surface area (Å²) in [4.78, 5) is 11.2. The fourth-order valence-electron chi connectivity index (χ4n) is 9.88. The van der Waals surface area contributed by atoms with Crippen molar-refractivity contribution >= 4 is 76.2 Å². The number of rotatable bonds is 2. The molecule has 0 bridgehead atoms. The molecule has 0 atom stereocenters. The summed E-state index contributed by atoms with van der Waals surface area (Å²) >= 11 is 0. The molecule has 240 valence electrons. The monoisotopic (exact) mass is 652 g/mol. The molecule has 0 aliphatic heterocycles. The van der Waals surface area contributed by atoms with Gasteiger partial charge in [-0.05, 0) is 30.4 Å². The third kappa shape index (κ3) is 3.31. The van der Waals surface area contributed by atoms with Crippen molar-refractivity contribution in [3.05, 3.63) is 150 Å². The van der Waals surface area contributed by atoms with Crippen molar-refractivity contribution in [2.24, 2.45) is 0 Å². The summed E-state index contributed by atoms with van der Waals surface area (Å²) in [5.41, 5.74) is 13.0. The molecule has 0 spiro atoms. The zero-order chi connectivity index (χ0) is 33.6. The van der Waals surface area contributed by atoms with E-state index in [-0.39, 0.29) is 5.41 Å². The van der Waals surface area contributed by atoms with Gasteiger partial charge >= 0.3 is 0 Å². The third-order valence-electron chi connectivity index (χ3n) is 11.9. The molecule has 0 radical (unpaired) electrons. The Hall–Kier alpha value is -6.26. The summed E-state index contributed by atoms with van der Waals surface area (Å²) in [7, 11) is 0. The van der Waals surface area contributed by atoms with Crippen LogP contribution in [0.5, 0.6) is 0 Å². The van der Waals surface area contributed by atoms with Crippen LogP contribution in [0.15, 0.2) is 139 Å². The van der Waals surface area contributed by atoms with Crippen LogP contribution >= 0.6 is 0 Å². The Morgan fingerprint density at radius 1 is 0.549 bits per heavy atom. The summed E-state index contributed by atoms with van der Waals surface area (Å²) in [6.07, 6.45) is 6.73. The van der Waals surface area contributed by atoms with E-state index >= 15 is 0 Å². The van der Waals surface area contributed by atoms with Gasteiger partial charge in [-0.1, -0.05) is 141 Å². The highest BCUT2D eigenvalue weighted by Gasteiger charge is 2.42. The van der Waals surface area contributed by atoms with Crippen LogP contribution in [0.25, 0.3) is 93.5 Å². The summed E-state index contributed by atoms with van der Waals surface area (Å²) in [6, 6.07) is 44.2. The van der Waals surface area contributed by atoms with Gasteiger partial charge in [0.15, 0.2) is 0 Å². The van der Waals surface area contributed by atoms with Crippen molar-refractivity contribution < 1.29 is 0 Å². The predicted octanol–water partition coefficient (Wildman–Crippen LogP) is 11.9. The minimum Gasteiger partial charge on any atom is -0.307 e. The second-order valence-electron chi connectivity index (χ2n) is 14.8. The van der Waals surface area contributed by atoms with E-state index in [0.717, 1.165) is 40.8 Å². The van der Waals surface area contributed by atoms with E-state index in [1.807, 2.05) is 0 Å². The van der Waals surface area contributed by atoms with Crippen molar-refractivity contribution in [1.29, 1.82) is 0 Å². The maximum Gasteiger partial charge on any atom is 0.235 e. The Balaban J connectivity index is 1.33. The highest BCUT2D eigenvalue weighted by atomic mass is 15.2. The van der Waals surface area contributed by atoms with Gasteiger partial charge in [0, 0.05) is 59.8 Å². The van der Waals surface area contributed by atoms with Crippen LogP contribution in [-0.4, -0.2) is 18.9 Å². The molecular weight excluding hydrogens is 621 g/mol. The molecular formula is C47H32N4. The maximum atomic E-state index is 5.62. The Kier molecular flexibility index (Phi) is 5.13. The Bertz CT molecular complexity index is 3200. The number of benzene rings is 6. The van der Waals surface area contributed by atoms with E-state index in [0.29, 0.717) is 5.95 Å². The zero-order valence-corrected chi connectivity index (χ0v) is 28.4. The zero-order valence-electron chi connectivity index (χ0n) is 28.4. The standard InChI is InChI=1S/C47H32N4/c1-47(2)35-24-11-8-20-32(35)42-40(47)41(27-15-4-3-5-16-27)48-46(49-42)51-37-26-13-10-21-33(37)39-44(51)31-19-7-6-18-29(31)38-34-23-14-22-30-28-17-9-12-25-36(28)50(43(30)34)45(38)39/h3-10,12-23,25-26H,11,24H2,1-2H3. The van der Waals surface area contributed by atoms with Crippen LogP contribution in [0, 0.1) is 0 Å². The molecule has 0 saturated heterocycles. The predicted molar refractivity (Wildman–Crippen MR) is 212 cm³/mol. The van der Waals surface area contributed by atoms with Crippen LogP contribution in [0.3, 0.4) is 0 Å². The first-order valence-corrected chi connectivity index (χ1v) is 18.0. The van der Waals surface area contributed by atoms with Crippen LogP contribution in [0.4, 0.5) is 0 Å². The largest absolute Gasteiger partial charge is 0.307 e. The lowest BCUT2D eigenvalue weighted by Gasteiger charge is -2.27. The average molecular weight is 653 g/mol. The first kappa shape index (κ1) is 27.5. The molecule has 51 heavy (non-hydrogen) atoms. The Morgan fingerprint density at radius 3 is 2.04 bits per heavy atom. The average Bonchev–Trinajstić information content (AvgIpc) is 3.89. The molecule has 12 rings (SSSR count). The van der Waals surface area contributed by atoms with Gasteiger partial charge in [0.1, 0.15) is 0 Å². The fraction of sp³-hybridized carbons (Fsp3) is 0.106. The normalized spacial score (nSPS) is 15.5. The fourth-order valence-corrected chi connectivity index (χ4v) is 9.88. The van der Waals surface area contributed by atoms with Crippen molar-refractivity contribution in [2.45, 2.75) is 32.1 Å². The number of allylic oxidation sites excluding steroid dienone is 4. The van der Waals surface area contributed by atoms with Gasteiger partial charge in [0.05, 0.1) is 39.0 Å². The molecule has 0 fully saturated rings. The van der Waals surface area contributed by atoms with Crippen molar-refractivity contribution in [1.82, 2.24) is 18.9 Å². The smallest absolute Gasteiger partial charge is 0.235 e. The van der Waals surface area contributed by atoms with E-state index in [1.54, 1.807) is 0 Å². The van der Waals surface area contributed by atoms with Gasteiger partial charge < -0.3 is 4.40 Å². The molecule has 4 aromatic heterocycles. The lowest BCUT2D eigenvalue weighted by molar-refractivity contribution is 0.604. The number of aromatic nitrogens is 4. The van der Waals surface area contributed by atoms with Gasteiger partial charge in [-0.3, -0.25) is 4.57 Å². The van der Waals surface area contributed by atoms with Gasteiger partial charge in [-0.2, -0.15) is 0 Å². The Labute approximate surface area is 293 Å². The van der Waals surface area contributed by atoms with Crippen LogP contribution in [0.1, 0.15) is 37.9 Å². The minimum atomic E-state index is -0.167. The van der Waals surface area contributed by atoms with Crippen LogP contribution in [0.2, 0.25) is 0 Å². The Morgan fingerprint density at radius 2 is 1.20 bits per heavy atom. The van der Waals surface area contributed by atoms with Gasteiger partial charge in [-0.15, -0.1) is 0 Å². The van der Waals surface area contributed by atoms with E-state index in [1.165, 1.54) is 76.3 Å². The molecule has 0 saturated carbocycles. The highest BCUT2D eigenvalue weighted by Crippen LogP contribution is 2.53. The lowest BCUT2D eigenvalue weighted by atomic mass is 9.77. The quantitative estimate of drug-likeness (QED) is 0.186. The van der Waals surface area contributed by atoms with Gasteiger partial charge in [-0.25, -0.2) is 9.97 Å². The minimum absolute atomic E-state index is 0.167. The molecule has 0 unspecified atom stereocenters. The highest BCUT2D eigenvalue weighted by molar-refractivity contribution is 6.39. The van der Waals surface area contributed by atoms with E-state index in [2.05, 4.69) is 156 Å². The molecule has 2 aliphatic carbocycles.